The fourth-order valence-corrected chi connectivity index (χ4v) is 1.65. The average molecular weight is 256 g/mol. The van der Waals surface area contributed by atoms with Gasteiger partial charge in [-0.2, -0.15) is 0 Å². The second-order valence-electron chi connectivity index (χ2n) is 4.59. The predicted molar refractivity (Wildman–Crippen MR) is 61.1 cm³/mol. The SMILES string of the molecule is CC(NC(N)=O)C(=O)N1CC(=O)NC(=O)C1(C)C. The third-order valence-electron chi connectivity index (χ3n) is 2.78. The summed E-state index contributed by atoms with van der Waals surface area (Å²) in [5.41, 5.74) is 3.76. The molecule has 8 heteroatoms. The van der Waals surface area contributed by atoms with Crippen molar-refractivity contribution in [2.45, 2.75) is 32.4 Å². The number of nitrogens with two attached hydrogens (primary N) is 1. The first kappa shape index (κ1) is 13.9. The van der Waals surface area contributed by atoms with E-state index in [1.54, 1.807) is 0 Å². The number of hydrogen-bond donors (Lipinski definition) is 3. The van der Waals surface area contributed by atoms with Gasteiger partial charge in [-0.05, 0) is 20.8 Å². The van der Waals surface area contributed by atoms with Crippen LogP contribution in [0.3, 0.4) is 0 Å². The molecule has 0 bridgehead atoms. The van der Waals surface area contributed by atoms with Gasteiger partial charge in [0, 0.05) is 0 Å². The summed E-state index contributed by atoms with van der Waals surface area (Å²) in [6, 6.07) is -1.75. The molecule has 1 aliphatic heterocycles. The molecule has 1 unspecified atom stereocenters. The van der Waals surface area contributed by atoms with E-state index in [0.717, 1.165) is 4.90 Å². The molecule has 1 rings (SSSR count). The van der Waals surface area contributed by atoms with Crippen molar-refractivity contribution in [2.75, 3.05) is 6.54 Å². The molecule has 8 nitrogen and oxygen atoms in total. The number of rotatable bonds is 2. The molecule has 0 aliphatic carbocycles. The maximum absolute atomic E-state index is 12.1. The smallest absolute Gasteiger partial charge is 0.312 e. The highest BCUT2D eigenvalue weighted by molar-refractivity contribution is 6.06. The van der Waals surface area contributed by atoms with Crippen LogP contribution >= 0.6 is 0 Å². The fourth-order valence-electron chi connectivity index (χ4n) is 1.65. The minimum absolute atomic E-state index is 0.234. The van der Waals surface area contributed by atoms with Crippen LogP contribution in [0.5, 0.6) is 0 Å². The number of hydrogen-bond acceptors (Lipinski definition) is 4. The molecule has 18 heavy (non-hydrogen) atoms. The monoisotopic (exact) mass is 256 g/mol. The second-order valence-corrected chi connectivity index (χ2v) is 4.59. The zero-order chi connectivity index (χ0) is 14.1. The summed E-state index contributed by atoms with van der Waals surface area (Å²) in [6.07, 6.45) is 0. The first-order chi connectivity index (χ1) is 8.16. The molecule has 0 saturated carbocycles. The van der Waals surface area contributed by atoms with Crippen molar-refractivity contribution in [3.63, 3.8) is 0 Å². The number of urea groups is 1. The summed E-state index contributed by atoms with van der Waals surface area (Å²) in [6.45, 7) is 4.23. The van der Waals surface area contributed by atoms with Gasteiger partial charge in [-0.25, -0.2) is 4.79 Å². The van der Waals surface area contributed by atoms with Crippen molar-refractivity contribution in [1.82, 2.24) is 15.5 Å². The van der Waals surface area contributed by atoms with E-state index in [-0.39, 0.29) is 6.54 Å². The molecular formula is C10H16N4O4. The van der Waals surface area contributed by atoms with Gasteiger partial charge < -0.3 is 16.0 Å². The van der Waals surface area contributed by atoms with E-state index in [2.05, 4.69) is 10.6 Å². The molecule has 1 heterocycles. The summed E-state index contributed by atoms with van der Waals surface area (Å²) < 4.78 is 0. The van der Waals surface area contributed by atoms with Gasteiger partial charge >= 0.3 is 6.03 Å². The highest BCUT2D eigenvalue weighted by Crippen LogP contribution is 2.19. The Bertz CT molecular complexity index is 418. The lowest BCUT2D eigenvalue weighted by Crippen LogP contribution is -2.67. The van der Waals surface area contributed by atoms with E-state index in [0.29, 0.717) is 0 Å². The summed E-state index contributed by atoms with van der Waals surface area (Å²) in [4.78, 5) is 46.8. The minimum Gasteiger partial charge on any atom is -0.352 e. The Morgan fingerprint density at radius 1 is 1.44 bits per heavy atom. The van der Waals surface area contributed by atoms with Crippen LogP contribution in [0.15, 0.2) is 0 Å². The van der Waals surface area contributed by atoms with Crippen molar-refractivity contribution in [1.29, 1.82) is 0 Å². The van der Waals surface area contributed by atoms with Crippen molar-refractivity contribution in [3.05, 3.63) is 0 Å². The topological polar surface area (TPSA) is 122 Å². The third-order valence-corrected chi connectivity index (χ3v) is 2.78. The van der Waals surface area contributed by atoms with Crippen molar-refractivity contribution in [2.24, 2.45) is 5.73 Å². The van der Waals surface area contributed by atoms with Gasteiger partial charge in [0.1, 0.15) is 18.1 Å². The highest BCUT2D eigenvalue weighted by Gasteiger charge is 2.44. The third kappa shape index (κ3) is 2.58. The highest BCUT2D eigenvalue weighted by atomic mass is 16.2. The molecule has 0 radical (unpaired) electrons. The number of nitrogens with zero attached hydrogens (tertiary/aromatic N) is 1. The van der Waals surface area contributed by atoms with Gasteiger partial charge in [0.15, 0.2) is 0 Å². The van der Waals surface area contributed by atoms with Crippen molar-refractivity contribution < 1.29 is 19.2 Å². The Morgan fingerprint density at radius 3 is 2.50 bits per heavy atom. The van der Waals surface area contributed by atoms with Crippen LogP contribution in [0.2, 0.25) is 0 Å². The minimum atomic E-state index is -1.15. The molecule has 0 aromatic heterocycles. The molecule has 1 atom stereocenters. The van der Waals surface area contributed by atoms with Gasteiger partial charge in [0.25, 0.3) is 5.91 Å². The van der Waals surface area contributed by atoms with E-state index in [4.69, 9.17) is 5.73 Å². The lowest BCUT2D eigenvalue weighted by atomic mass is 9.97. The molecule has 0 aromatic rings. The predicted octanol–water partition coefficient (Wildman–Crippen LogP) is -1.69. The Balaban J connectivity index is 2.91. The fraction of sp³-hybridized carbons (Fsp3) is 0.600. The van der Waals surface area contributed by atoms with Gasteiger partial charge in [-0.15, -0.1) is 0 Å². The van der Waals surface area contributed by atoms with Crippen LogP contribution in [0, 0.1) is 0 Å². The van der Waals surface area contributed by atoms with Crippen molar-refractivity contribution in [3.8, 4) is 0 Å². The lowest BCUT2D eigenvalue weighted by Gasteiger charge is -2.41. The van der Waals surface area contributed by atoms with Crippen LogP contribution in [-0.2, 0) is 14.4 Å². The molecule has 5 amide bonds. The molecule has 1 fully saturated rings. The van der Waals surface area contributed by atoms with Gasteiger partial charge in [-0.3, -0.25) is 19.7 Å². The van der Waals surface area contributed by atoms with E-state index in [1.807, 2.05) is 0 Å². The molecule has 1 aliphatic rings. The summed E-state index contributed by atoms with van der Waals surface area (Å²) in [5.74, 6) is -1.65. The largest absolute Gasteiger partial charge is 0.352 e. The number of amides is 5. The molecule has 100 valence electrons. The first-order valence-electron chi connectivity index (χ1n) is 5.38. The zero-order valence-corrected chi connectivity index (χ0v) is 10.4. The van der Waals surface area contributed by atoms with E-state index < -0.39 is 35.3 Å². The average Bonchev–Trinajstić information content (AvgIpc) is 2.21. The lowest BCUT2D eigenvalue weighted by molar-refractivity contribution is -0.156. The molecule has 0 spiro atoms. The number of carbonyl (C=O) groups excluding carboxylic acids is 4. The Morgan fingerprint density at radius 2 is 2.00 bits per heavy atom. The number of primary amides is 1. The van der Waals surface area contributed by atoms with Gasteiger partial charge in [0.2, 0.25) is 11.8 Å². The molecule has 4 N–H and O–H groups in total. The van der Waals surface area contributed by atoms with Crippen LogP contribution in [-0.4, -0.2) is 46.8 Å². The van der Waals surface area contributed by atoms with Gasteiger partial charge in [0.05, 0.1) is 0 Å². The quantitative estimate of drug-likeness (QED) is 0.510. The van der Waals surface area contributed by atoms with Crippen LogP contribution in [0.1, 0.15) is 20.8 Å². The Labute approximate surface area is 104 Å². The maximum atomic E-state index is 12.1. The summed E-state index contributed by atoms with van der Waals surface area (Å²) in [7, 11) is 0. The molecular weight excluding hydrogens is 240 g/mol. The van der Waals surface area contributed by atoms with Crippen LogP contribution in [0.4, 0.5) is 4.79 Å². The first-order valence-corrected chi connectivity index (χ1v) is 5.38. The Kier molecular flexibility index (Phi) is 3.59. The number of nitrogens with one attached hydrogen (secondary N) is 2. The van der Waals surface area contributed by atoms with E-state index in [9.17, 15) is 19.2 Å². The summed E-state index contributed by atoms with van der Waals surface area (Å²) >= 11 is 0. The van der Waals surface area contributed by atoms with Crippen LogP contribution < -0.4 is 16.4 Å². The van der Waals surface area contributed by atoms with E-state index in [1.165, 1.54) is 20.8 Å². The second kappa shape index (κ2) is 4.63. The molecule has 1 saturated heterocycles. The standard InChI is InChI=1S/C10H16N4O4/c1-5(12-9(11)18)7(16)14-4-6(15)13-8(17)10(14,2)3/h5H,4H2,1-3H3,(H3,11,12,18)(H,13,15,17). The van der Waals surface area contributed by atoms with E-state index >= 15 is 0 Å². The number of imide groups is 1. The number of carbonyl (C=O) groups is 4. The number of piperazine rings is 1. The van der Waals surface area contributed by atoms with Crippen LogP contribution in [0.25, 0.3) is 0 Å². The molecule has 0 aromatic carbocycles. The van der Waals surface area contributed by atoms with Gasteiger partial charge in [-0.1, -0.05) is 0 Å². The normalized spacial score (nSPS) is 20.1. The Hall–Kier alpha value is -2.12. The van der Waals surface area contributed by atoms with Crippen molar-refractivity contribution >= 4 is 23.8 Å². The zero-order valence-electron chi connectivity index (χ0n) is 10.4. The maximum Gasteiger partial charge on any atom is 0.312 e. The summed E-state index contributed by atoms with van der Waals surface area (Å²) in [5, 5.41) is 4.36.